The van der Waals surface area contributed by atoms with Crippen LogP contribution in [0.1, 0.15) is 39.0 Å². The van der Waals surface area contributed by atoms with E-state index in [2.05, 4.69) is 28.6 Å². The Morgan fingerprint density at radius 1 is 0.875 bits per heavy atom. The van der Waals surface area contributed by atoms with Gasteiger partial charge in [0.25, 0.3) is 0 Å². The van der Waals surface area contributed by atoms with Crippen molar-refractivity contribution in [2.75, 3.05) is 12.3 Å². The van der Waals surface area contributed by atoms with Crippen LogP contribution in [0.2, 0.25) is 0 Å². The first kappa shape index (κ1) is 29.6. The van der Waals surface area contributed by atoms with Gasteiger partial charge in [0.15, 0.2) is 0 Å². The van der Waals surface area contributed by atoms with Gasteiger partial charge in [-0.25, -0.2) is 4.79 Å². The average molecular weight is 480 g/mol. The highest BCUT2D eigenvalue weighted by Gasteiger charge is 2.30. The molecule has 0 saturated heterocycles. The second-order valence-corrected chi connectivity index (χ2v) is 7.55. The van der Waals surface area contributed by atoms with Crippen molar-refractivity contribution in [1.82, 2.24) is 16.0 Å². The van der Waals surface area contributed by atoms with E-state index in [1.54, 1.807) is 0 Å². The Bertz CT molecular complexity index is 663. The zero-order valence-corrected chi connectivity index (χ0v) is 18.7. The van der Waals surface area contributed by atoms with E-state index in [4.69, 9.17) is 16.6 Å². The van der Waals surface area contributed by atoms with Gasteiger partial charge < -0.3 is 42.7 Å². The van der Waals surface area contributed by atoms with Crippen LogP contribution in [0.5, 0.6) is 0 Å². The maximum atomic E-state index is 12.6. The van der Waals surface area contributed by atoms with E-state index >= 15 is 0 Å². The highest BCUT2D eigenvalue weighted by Crippen LogP contribution is 2.04. The van der Waals surface area contributed by atoms with Crippen LogP contribution < -0.4 is 27.4 Å². The fourth-order valence-electron chi connectivity index (χ4n) is 2.51. The second-order valence-electron chi connectivity index (χ2n) is 7.19. The van der Waals surface area contributed by atoms with Gasteiger partial charge in [0.2, 0.25) is 17.7 Å². The lowest BCUT2D eigenvalue weighted by Crippen LogP contribution is -2.58. The molecular weight excluding hydrogens is 446 g/mol. The molecule has 5 unspecified atom stereocenters. The van der Waals surface area contributed by atoms with Gasteiger partial charge in [-0.15, -0.1) is 0 Å². The average Bonchev–Trinajstić information content (AvgIpc) is 2.72. The molecule has 5 atom stereocenters. The maximum absolute atomic E-state index is 12.6. The van der Waals surface area contributed by atoms with Gasteiger partial charge in [-0.2, -0.15) is 12.6 Å². The van der Waals surface area contributed by atoms with E-state index in [0.29, 0.717) is 19.4 Å². The number of carboxylic acid groups (broad SMARTS) is 2. The number of nitrogens with two attached hydrogens (primary N) is 2. The van der Waals surface area contributed by atoms with E-state index in [1.165, 1.54) is 6.92 Å². The molecule has 0 aliphatic heterocycles. The Morgan fingerprint density at radius 3 is 1.88 bits per heavy atom. The molecule has 13 nitrogen and oxygen atoms in total. The fourth-order valence-corrected chi connectivity index (χ4v) is 2.77. The number of carboxylic acids is 2. The molecule has 0 heterocycles. The van der Waals surface area contributed by atoms with E-state index < -0.39 is 66.4 Å². The Balaban J connectivity index is 5.24. The summed E-state index contributed by atoms with van der Waals surface area (Å²) in [6, 6.07) is -5.17. The monoisotopic (exact) mass is 479 g/mol. The van der Waals surface area contributed by atoms with Crippen LogP contribution in [-0.4, -0.2) is 87.5 Å². The van der Waals surface area contributed by atoms with Gasteiger partial charge >= 0.3 is 11.9 Å². The topological polar surface area (TPSA) is 234 Å². The van der Waals surface area contributed by atoms with Crippen molar-refractivity contribution in [2.24, 2.45) is 11.5 Å². The first-order valence-electron chi connectivity index (χ1n) is 10.0. The number of carbonyl (C=O) groups is 5. The van der Waals surface area contributed by atoms with Crippen LogP contribution in [0.25, 0.3) is 0 Å². The summed E-state index contributed by atoms with van der Waals surface area (Å²) >= 11 is 4.00. The van der Waals surface area contributed by atoms with Crippen LogP contribution in [0.15, 0.2) is 0 Å². The number of thiol groups is 1. The maximum Gasteiger partial charge on any atom is 0.326 e. The Hall–Kier alpha value is -2.42. The number of hydrogen-bond donors (Lipinski definition) is 9. The number of nitrogens with one attached hydrogen (secondary N) is 3. The molecule has 0 fully saturated rings. The van der Waals surface area contributed by atoms with Gasteiger partial charge in [-0.05, 0) is 39.2 Å². The van der Waals surface area contributed by atoms with Crippen LogP contribution in [0.3, 0.4) is 0 Å². The van der Waals surface area contributed by atoms with Gasteiger partial charge in [-0.3, -0.25) is 19.2 Å². The quantitative estimate of drug-likeness (QED) is 0.0812. The van der Waals surface area contributed by atoms with Gasteiger partial charge in [0, 0.05) is 12.2 Å². The Labute approximate surface area is 191 Å². The third-order valence-electron chi connectivity index (χ3n) is 4.48. The van der Waals surface area contributed by atoms with Crippen molar-refractivity contribution >= 4 is 42.3 Å². The molecule has 0 radical (unpaired) electrons. The molecule has 3 amide bonds. The third kappa shape index (κ3) is 11.3. The van der Waals surface area contributed by atoms with Crippen molar-refractivity contribution in [3.05, 3.63) is 0 Å². The Morgan fingerprint density at radius 2 is 1.41 bits per heavy atom. The summed E-state index contributed by atoms with van der Waals surface area (Å²) in [6.07, 6.45) is -0.814. The molecule has 0 spiro atoms. The minimum atomic E-state index is -1.36. The molecule has 0 aromatic rings. The molecule has 0 aromatic heterocycles. The molecule has 184 valence electrons. The summed E-state index contributed by atoms with van der Waals surface area (Å²) in [5.74, 6) is -5.25. The van der Waals surface area contributed by atoms with Crippen LogP contribution in [0, 0.1) is 0 Å². The summed E-state index contributed by atoms with van der Waals surface area (Å²) in [5, 5.41) is 34.5. The van der Waals surface area contributed by atoms with Crippen molar-refractivity contribution in [3.63, 3.8) is 0 Å². The van der Waals surface area contributed by atoms with Crippen molar-refractivity contribution in [3.8, 4) is 0 Å². The lowest BCUT2D eigenvalue weighted by atomic mass is 10.1. The molecule has 0 aliphatic rings. The summed E-state index contributed by atoms with van der Waals surface area (Å²) in [5.41, 5.74) is 10.9. The molecule has 14 heteroatoms. The van der Waals surface area contributed by atoms with Crippen LogP contribution in [-0.2, 0) is 24.0 Å². The number of hydrogen-bond acceptors (Lipinski definition) is 9. The molecular formula is C18H33N5O8S. The Kier molecular flexibility index (Phi) is 14.2. The van der Waals surface area contributed by atoms with Crippen LogP contribution in [0.4, 0.5) is 0 Å². The highest BCUT2D eigenvalue weighted by molar-refractivity contribution is 7.80. The summed E-state index contributed by atoms with van der Waals surface area (Å²) < 4.78 is 0. The molecule has 32 heavy (non-hydrogen) atoms. The molecule has 0 rings (SSSR count). The summed E-state index contributed by atoms with van der Waals surface area (Å²) in [7, 11) is 0. The molecule has 0 aromatic carbocycles. The lowest BCUT2D eigenvalue weighted by Gasteiger charge is -2.24. The number of aliphatic hydroxyl groups excluding tert-OH is 1. The van der Waals surface area contributed by atoms with E-state index in [-0.39, 0.29) is 18.6 Å². The molecule has 0 bridgehead atoms. The minimum Gasteiger partial charge on any atom is -0.481 e. The first-order chi connectivity index (χ1) is 14.9. The SMILES string of the molecule is CC(O)C(N)C(=O)NC(CCC(=O)O)C(=O)NC(CS)C(=O)NC(CCCCN)C(=O)O. The summed E-state index contributed by atoms with van der Waals surface area (Å²) in [6.45, 7) is 1.64. The molecule has 0 saturated carbocycles. The second kappa shape index (κ2) is 15.4. The predicted octanol–water partition coefficient (Wildman–Crippen LogP) is -2.84. The normalized spacial score (nSPS) is 15.5. The minimum absolute atomic E-state index is 0.139. The standard InChI is InChI=1S/C18H33N5O8S/c1-9(24)14(20)17(29)21-10(5-6-13(25)26)15(27)23-12(8-32)16(28)22-11(18(30)31)4-2-3-7-19/h9-12,14,24,32H,2-8,19-20H2,1H3,(H,21,29)(H,22,28)(H,23,27)(H,25,26)(H,30,31). The molecule has 10 N–H and O–H groups in total. The summed E-state index contributed by atoms with van der Waals surface area (Å²) in [4.78, 5) is 59.4. The van der Waals surface area contributed by atoms with Gasteiger partial charge in [-0.1, -0.05) is 0 Å². The number of aliphatic hydroxyl groups is 1. The fraction of sp³-hybridized carbons (Fsp3) is 0.722. The number of unbranched alkanes of at least 4 members (excludes halogenated alkanes) is 1. The van der Waals surface area contributed by atoms with E-state index in [9.17, 15) is 34.2 Å². The van der Waals surface area contributed by atoms with Crippen molar-refractivity contribution < 1.29 is 39.3 Å². The third-order valence-corrected chi connectivity index (χ3v) is 4.84. The largest absolute Gasteiger partial charge is 0.481 e. The van der Waals surface area contributed by atoms with E-state index in [0.717, 1.165) is 0 Å². The number of carbonyl (C=O) groups excluding carboxylic acids is 3. The highest BCUT2D eigenvalue weighted by atomic mass is 32.1. The number of amides is 3. The zero-order chi connectivity index (χ0) is 24.8. The van der Waals surface area contributed by atoms with Gasteiger partial charge in [0.05, 0.1) is 6.10 Å². The van der Waals surface area contributed by atoms with Gasteiger partial charge in [0.1, 0.15) is 24.2 Å². The zero-order valence-electron chi connectivity index (χ0n) is 17.8. The lowest BCUT2D eigenvalue weighted by molar-refractivity contribution is -0.142. The van der Waals surface area contributed by atoms with Crippen molar-refractivity contribution in [1.29, 1.82) is 0 Å². The smallest absolute Gasteiger partial charge is 0.326 e. The number of aliphatic carboxylic acids is 2. The van der Waals surface area contributed by atoms with Crippen LogP contribution >= 0.6 is 12.6 Å². The van der Waals surface area contributed by atoms with Crippen molar-refractivity contribution in [2.45, 2.75) is 69.3 Å². The van der Waals surface area contributed by atoms with E-state index in [1.807, 2.05) is 0 Å². The molecule has 0 aliphatic carbocycles. The first-order valence-corrected chi connectivity index (χ1v) is 10.7. The predicted molar refractivity (Wildman–Crippen MR) is 117 cm³/mol. The number of rotatable bonds is 16.